The van der Waals surface area contributed by atoms with E-state index in [1.54, 1.807) is 62.4 Å². The Kier molecular flexibility index (Phi) is 5.57. The molecule has 2 rings (SSSR count). The third-order valence-corrected chi connectivity index (χ3v) is 5.32. The maximum atomic E-state index is 12.6. The van der Waals surface area contributed by atoms with Crippen molar-refractivity contribution in [2.24, 2.45) is 0 Å². The summed E-state index contributed by atoms with van der Waals surface area (Å²) in [5.41, 5.74) is 1.79. The topological polar surface area (TPSA) is 74.6 Å². The van der Waals surface area contributed by atoms with Crippen LogP contribution in [0.1, 0.15) is 25.0 Å². The van der Waals surface area contributed by atoms with E-state index in [1.807, 2.05) is 0 Å². The normalized spacial score (nSPS) is 14.4. The first-order valence-electron chi connectivity index (χ1n) is 7.58. The van der Waals surface area contributed by atoms with Crippen molar-refractivity contribution in [3.8, 4) is 0 Å². The van der Waals surface area contributed by atoms with Gasteiger partial charge in [-0.2, -0.15) is 0 Å². The Balaban J connectivity index is 2.23. The van der Waals surface area contributed by atoms with Crippen molar-refractivity contribution in [1.29, 1.82) is 0 Å². The van der Waals surface area contributed by atoms with Gasteiger partial charge in [-0.1, -0.05) is 24.3 Å². The minimum absolute atomic E-state index is 0.232. The highest BCUT2D eigenvalue weighted by molar-refractivity contribution is 7.91. The van der Waals surface area contributed by atoms with Crippen molar-refractivity contribution in [2.75, 3.05) is 0 Å². The van der Waals surface area contributed by atoms with Gasteiger partial charge in [-0.25, -0.2) is 8.42 Å². The van der Waals surface area contributed by atoms with E-state index in [9.17, 15) is 18.6 Å². The van der Waals surface area contributed by atoms with Crippen molar-refractivity contribution >= 4 is 9.84 Å². The second kappa shape index (κ2) is 7.25. The summed E-state index contributed by atoms with van der Waals surface area (Å²) in [4.78, 5) is 0.463. The zero-order valence-corrected chi connectivity index (χ0v) is 14.1. The lowest BCUT2D eigenvalue weighted by molar-refractivity contribution is 0.195. The van der Waals surface area contributed by atoms with E-state index < -0.39 is 22.0 Å². The van der Waals surface area contributed by atoms with Crippen LogP contribution < -0.4 is 0 Å². The molecule has 2 unspecified atom stereocenters. The van der Waals surface area contributed by atoms with Gasteiger partial charge in [-0.3, -0.25) is 0 Å². The molecule has 0 aliphatic rings. The van der Waals surface area contributed by atoms with E-state index in [0.717, 1.165) is 11.1 Å². The number of benzene rings is 2. The van der Waals surface area contributed by atoms with Gasteiger partial charge in [0.15, 0.2) is 0 Å². The molecule has 23 heavy (non-hydrogen) atoms. The summed E-state index contributed by atoms with van der Waals surface area (Å²) >= 11 is 0. The second-order valence-corrected chi connectivity index (χ2v) is 7.85. The van der Waals surface area contributed by atoms with Gasteiger partial charge in [-0.05, 0) is 62.1 Å². The van der Waals surface area contributed by atoms with E-state index in [2.05, 4.69) is 0 Å². The van der Waals surface area contributed by atoms with Gasteiger partial charge in [0, 0.05) is 0 Å². The fraction of sp³-hybridized carbons (Fsp3) is 0.333. The van der Waals surface area contributed by atoms with E-state index in [0.29, 0.717) is 12.8 Å². The van der Waals surface area contributed by atoms with Crippen molar-refractivity contribution in [3.05, 3.63) is 59.7 Å². The summed E-state index contributed by atoms with van der Waals surface area (Å²) in [6.07, 6.45) is 0.0702. The number of rotatable bonds is 6. The minimum atomic E-state index is -3.55. The molecule has 0 aliphatic carbocycles. The van der Waals surface area contributed by atoms with Crippen LogP contribution in [0.5, 0.6) is 0 Å². The van der Waals surface area contributed by atoms with Crippen molar-refractivity contribution in [1.82, 2.24) is 0 Å². The average Bonchev–Trinajstić information content (AvgIpc) is 2.47. The molecule has 0 spiro atoms. The molecule has 0 amide bonds. The molecule has 4 nitrogen and oxygen atoms in total. The first kappa shape index (κ1) is 17.7. The van der Waals surface area contributed by atoms with Gasteiger partial charge in [0.2, 0.25) is 9.84 Å². The molecule has 0 saturated heterocycles. The molecule has 0 radical (unpaired) electrons. The number of aliphatic hydroxyl groups excluding tert-OH is 2. The third-order valence-electron chi connectivity index (χ3n) is 3.53. The van der Waals surface area contributed by atoms with Crippen LogP contribution in [0, 0.1) is 0 Å². The zero-order valence-electron chi connectivity index (χ0n) is 13.3. The summed E-state index contributed by atoms with van der Waals surface area (Å²) in [5.74, 6) is 0. The molecule has 2 aromatic carbocycles. The average molecular weight is 334 g/mol. The molecule has 0 heterocycles. The Morgan fingerprint density at radius 2 is 1.04 bits per heavy atom. The Hall–Kier alpha value is -1.69. The highest BCUT2D eigenvalue weighted by Gasteiger charge is 2.17. The van der Waals surface area contributed by atoms with Gasteiger partial charge >= 0.3 is 0 Å². The Morgan fingerprint density at radius 3 is 1.30 bits per heavy atom. The fourth-order valence-corrected chi connectivity index (χ4v) is 3.69. The van der Waals surface area contributed by atoms with Gasteiger partial charge in [0.25, 0.3) is 0 Å². The first-order valence-corrected chi connectivity index (χ1v) is 9.06. The van der Waals surface area contributed by atoms with Crippen LogP contribution in [0.3, 0.4) is 0 Å². The molecular formula is C18H22O4S. The standard InChI is InChI=1S/C18H22O4S/c1-13(19)11-15-3-7-17(8-4-15)23(21,22)18-9-5-16(6-10-18)12-14(2)20/h3-10,13-14,19-20H,11-12H2,1-2H3. The zero-order chi connectivity index (χ0) is 17.0. The van der Waals surface area contributed by atoms with Crippen molar-refractivity contribution < 1.29 is 18.6 Å². The minimum Gasteiger partial charge on any atom is -0.393 e. The molecule has 0 saturated carbocycles. The summed E-state index contributed by atoms with van der Waals surface area (Å²) in [6, 6.07) is 13.2. The Morgan fingerprint density at radius 1 is 0.739 bits per heavy atom. The van der Waals surface area contributed by atoms with Crippen LogP contribution in [0.25, 0.3) is 0 Å². The smallest absolute Gasteiger partial charge is 0.206 e. The molecule has 124 valence electrons. The molecule has 0 bridgehead atoms. The largest absolute Gasteiger partial charge is 0.393 e. The van der Waals surface area contributed by atoms with Gasteiger partial charge in [0.05, 0.1) is 22.0 Å². The van der Waals surface area contributed by atoms with Crippen LogP contribution >= 0.6 is 0 Å². The molecule has 0 fully saturated rings. The van der Waals surface area contributed by atoms with E-state index in [1.165, 1.54) is 0 Å². The van der Waals surface area contributed by atoms with Crippen molar-refractivity contribution in [2.45, 2.75) is 48.7 Å². The molecule has 2 atom stereocenters. The van der Waals surface area contributed by atoms with Crippen LogP contribution in [0.4, 0.5) is 0 Å². The van der Waals surface area contributed by atoms with Crippen LogP contribution in [-0.2, 0) is 22.7 Å². The lowest BCUT2D eigenvalue weighted by Crippen LogP contribution is -2.06. The number of aliphatic hydroxyl groups is 2. The second-order valence-electron chi connectivity index (χ2n) is 5.90. The predicted octanol–water partition coefficient (Wildman–Crippen LogP) is 2.37. The molecule has 2 aromatic rings. The van der Waals surface area contributed by atoms with Crippen molar-refractivity contribution in [3.63, 3.8) is 0 Å². The number of hydrogen-bond acceptors (Lipinski definition) is 4. The van der Waals surface area contributed by atoms with E-state index >= 15 is 0 Å². The monoisotopic (exact) mass is 334 g/mol. The van der Waals surface area contributed by atoms with Gasteiger partial charge < -0.3 is 10.2 Å². The van der Waals surface area contributed by atoms with Gasteiger partial charge in [-0.15, -0.1) is 0 Å². The van der Waals surface area contributed by atoms with Crippen LogP contribution in [-0.4, -0.2) is 30.8 Å². The van der Waals surface area contributed by atoms with Crippen LogP contribution in [0.2, 0.25) is 0 Å². The summed E-state index contributed by atoms with van der Waals surface area (Å²) in [6.45, 7) is 3.39. The molecule has 2 N–H and O–H groups in total. The third kappa shape index (κ3) is 4.64. The summed E-state index contributed by atoms with van der Waals surface area (Å²) < 4.78 is 25.2. The summed E-state index contributed by atoms with van der Waals surface area (Å²) in [7, 11) is -3.55. The SMILES string of the molecule is CC(O)Cc1ccc(S(=O)(=O)c2ccc(CC(C)O)cc2)cc1. The molecule has 5 heteroatoms. The number of sulfone groups is 1. The molecule has 0 aromatic heterocycles. The van der Waals surface area contributed by atoms with Crippen LogP contribution in [0.15, 0.2) is 58.3 Å². The maximum Gasteiger partial charge on any atom is 0.206 e. The molecular weight excluding hydrogens is 312 g/mol. The first-order chi connectivity index (χ1) is 10.8. The van der Waals surface area contributed by atoms with E-state index in [4.69, 9.17) is 0 Å². The maximum absolute atomic E-state index is 12.6. The fourth-order valence-electron chi connectivity index (χ4n) is 2.43. The molecule has 0 aliphatic heterocycles. The van der Waals surface area contributed by atoms with Gasteiger partial charge in [0.1, 0.15) is 0 Å². The lowest BCUT2D eigenvalue weighted by Gasteiger charge is -2.09. The van der Waals surface area contributed by atoms with E-state index in [-0.39, 0.29) is 9.79 Å². The predicted molar refractivity (Wildman–Crippen MR) is 89.1 cm³/mol. The summed E-state index contributed by atoms with van der Waals surface area (Å²) in [5, 5.41) is 18.7. The highest BCUT2D eigenvalue weighted by Crippen LogP contribution is 2.22. The Bertz CT molecular complexity index is 670. The number of hydrogen-bond donors (Lipinski definition) is 2. The Labute approximate surface area is 137 Å². The highest BCUT2D eigenvalue weighted by atomic mass is 32.2. The lowest BCUT2D eigenvalue weighted by atomic mass is 10.1. The quantitative estimate of drug-likeness (QED) is 0.850.